The molecule has 2 rings (SSSR count). The second-order valence-electron chi connectivity index (χ2n) is 7.57. The van der Waals surface area contributed by atoms with E-state index in [2.05, 4.69) is 77.6 Å². The minimum Gasteiger partial charge on any atom is -0.466 e. The molecule has 0 N–H and O–H groups in total. The van der Waals surface area contributed by atoms with Crippen molar-refractivity contribution in [2.24, 2.45) is 0 Å². The van der Waals surface area contributed by atoms with E-state index in [0.717, 1.165) is 5.75 Å². The number of rotatable bonds is 6. The van der Waals surface area contributed by atoms with Crippen molar-refractivity contribution in [2.45, 2.75) is 45.4 Å². The van der Waals surface area contributed by atoms with Gasteiger partial charge < -0.3 is 9.47 Å². The molecule has 2 heteroatoms. The smallest absolute Gasteiger partial charge is 0.229 e. The van der Waals surface area contributed by atoms with Gasteiger partial charge in [0.15, 0.2) is 0 Å². The highest BCUT2D eigenvalue weighted by atomic mass is 16.7. The van der Waals surface area contributed by atoms with E-state index in [1.165, 1.54) is 23.0 Å². The Balaban J connectivity index is 2.18. The highest BCUT2D eigenvalue weighted by molar-refractivity contribution is 5.41. The van der Waals surface area contributed by atoms with Gasteiger partial charge in [0.1, 0.15) is 5.75 Å². The van der Waals surface area contributed by atoms with Gasteiger partial charge in [0.2, 0.25) is 6.79 Å². The van der Waals surface area contributed by atoms with Crippen LogP contribution in [0.3, 0.4) is 0 Å². The van der Waals surface area contributed by atoms with Crippen LogP contribution in [0.25, 0.3) is 0 Å². The topological polar surface area (TPSA) is 18.5 Å². The van der Waals surface area contributed by atoms with E-state index < -0.39 is 0 Å². The lowest BCUT2D eigenvalue weighted by molar-refractivity contribution is 0.0806. The van der Waals surface area contributed by atoms with Gasteiger partial charge in [0.05, 0.1) is 6.26 Å². The molecule has 2 aromatic carbocycles. The summed E-state index contributed by atoms with van der Waals surface area (Å²) >= 11 is 0. The van der Waals surface area contributed by atoms with Crippen LogP contribution in [0.15, 0.2) is 61.4 Å². The first-order chi connectivity index (χ1) is 11.2. The van der Waals surface area contributed by atoms with Crippen LogP contribution in [0.5, 0.6) is 5.75 Å². The molecule has 0 saturated heterocycles. The molecule has 0 heterocycles. The van der Waals surface area contributed by atoms with Crippen molar-refractivity contribution in [3.63, 3.8) is 0 Å². The highest BCUT2D eigenvalue weighted by Crippen LogP contribution is 2.33. The minimum absolute atomic E-state index is 0.0629. The van der Waals surface area contributed by atoms with Gasteiger partial charge in [0.25, 0.3) is 0 Å². The third-order valence-electron chi connectivity index (χ3n) is 4.46. The summed E-state index contributed by atoms with van der Waals surface area (Å²) in [6, 6.07) is 17.1. The van der Waals surface area contributed by atoms with Gasteiger partial charge in [-0.2, -0.15) is 0 Å². The molecule has 0 unspecified atom stereocenters. The summed E-state index contributed by atoms with van der Waals surface area (Å²) < 4.78 is 10.5. The van der Waals surface area contributed by atoms with Crippen molar-refractivity contribution in [2.75, 3.05) is 6.79 Å². The maximum Gasteiger partial charge on any atom is 0.229 e. The lowest BCUT2D eigenvalue weighted by Crippen LogP contribution is -2.19. The maximum atomic E-state index is 5.48. The van der Waals surface area contributed by atoms with Gasteiger partial charge in [-0.1, -0.05) is 77.6 Å². The van der Waals surface area contributed by atoms with Crippen molar-refractivity contribution < 1.29 is 9.47 Å². The zero-order valence-corrected chi connectivity index (χ0v) is 15.4. The maximum absolute atomic E-state index is 5.48. The summed E-state index contributed by atoms with van der Waals surface area (Å²) in [7, 11) is 0. The van der Waals surface area contributed by atoms with Crippen LogP contribution in [0, 0.1) is 0 Å². The SMILES string of the molecule is C=COCOc1ccc(C(C)(C)c2ccc(C(C)(C)C)cc2)cc1. The van der Waals surface area contributed by atoms with E-state index in [1.807, 2.05) is 12.1 Å². The molecule has 0 fully saturated rings. The first-order valence-corrected chi connectivity index (χ1v) is 8.32. The van der Waals surface area contributed by atoms with Crippen LogP contribution in [-0.4, -0.2) is 6.79 Å². The van der Waals surface area contributed by atoms with E-state index in [0.29, 0.717) is 0 Å². The Morgan fingerprint density at radius 2 is 1.25 bits per heavy atom. The fourth-order valence-corrected chi connectivity index (χ4v) is 2.67. The average Bonchev–Trinajstić information content (AvgIpc) is 2.55. The molecule has 0 atom stereocenters. The molecular formula is C22H28O2. The molecule has 0 bridgehead atoms. The molecule has 2 nitrogen and oxygen atoms in total. The lowest BCUT2D eigenvalue weighted by Gasteiger charge is -2.28. The van der Waals surface area contributed by atoms with E-state index in [-0.39, 0.29) is 17.6 Å². The van der Waals surface area contributed by atoms with Gasteiger partial charge >= 0.3 is 0 Å². The van der Waals surface area contributed by atoms with Crippen molar-refractivity contribution in [1.29, 1.82) is 0 Å². The number of benzene rings is 2. The zero-order valence-electron chi connectivity index (χ0n) is 15.4. The molecule has 0 spiro atoms. The van der Waals surface area contributed by atoms with Gasteiger partial charge in [-0.15, -0.1) is 0 Å². The lowest BCUT2D eigenvalue weighted by atomic mass is 9.77. The number of ether oxygens (including phenoxy) is 2. The van der Waals surface area contributed by atoms with Gasteiger partial charge in [-0.3, -0.25) is 0 Å². The standard InChI is InChI=1S/C22H28O2/c1-7-23-16-24-20-14-12-19(13-15-20)22(5,6)18-10-8-17(9-11-18)21(2,3)4/h7-15H,1,16H2,2-6H3. The van der Waals surface area contributed by atoms with E-state index in [4.69, 9.17) is 9.47 Å². The van der Waals surface area contributed by atoms with Crippen molar-refractivity contribution in [3.8, 4) is 5.75 Å². The Bertz CT molecular complexity index is 659. The van der Waals surface area contributed by atoms with Crippen molar-refractivity contribution >= 4 is 0 Å². The fourth-order valence-electron chi connectivity index (χ4n) is 2.67. The molecule has 0 saturated carbocycles. The Morgan fingerprint density at radius 1 is 0.792 bits per heavy atom. The fraction of sp³-hybridized carbons (Fsp3) is 0.364. The normalized spacial score (nSPS) is 11.9. The van der Waals surface area contributed by atoms with Gasteiger partial charge in [0, 0.05) is 5.41 Å². The summed E-state index contributed by atoms with van der Waals surface area (Å²) in [6.45, 7) is 14.9. The molecule has 0 aliphatic heterocycles. The van der Waals surface area contributed by atoms with Crippen LogP contribution >= 0.6 is 0 Å². The van der Waals surface area contributed by atoms with Gasteiger partial charge in [-0.05, 0) is 34.2 Å². The second-order valence-corrected chi connectivity index (χ2v) is 7.57. The molecule has 24 heavy (non-hydrogen) atoms. The molecule has 0 amide bonds. The monoisotopic (exact) mass is 324 g/mol. The third-order valence-corrected chi connectivity index (χ3v) is 4.46. The Hall–Kier alpha value is -2.22. The number of hydrogen-bond acceptors (Lipinski definition) is 2. The molecule has 128 valence electrons. The van der Waals surface area contributed by atoms with Crippen LogP contribution in [0.4, 0.5) is 0 Å². The second kappa shape index (κ2) is 7.12. The summed E-state index contributed by atoms with van der Waals surface area (Å²) in [5, 5.41) is 0. The van der Waals surface area contributed by atoms with Crippen LogP contribution in [0.1, 0.15) is 51.3 Å². The Kier molecular flexibility index (Phi) is 5.38. The van der Waals surface area contributed by atoms with Crippen molar-refractivity contribution in [3.05, 3.63) is 78.1 Å². The summed E-state index contributed by atoms with van der Waals surface area (Å²) in [5.74, 6) is 0.791. The predicted molar refractivity (Wildman–Crippen MR) is 100 cm³/mol. The highest BCUT2D eigenvalue weighted by Gasteiger charge is 2.24. The minimum atomic E-state index is -0.0629. The predicted octanol–water partition coefficient (Wildman–Crippen LogP) is 5.81. The molecule has 0 aliphatic carbocycles. The Labute approximate surface area is 146 Å². The summed E-state index contributed by atoms with van der Waals surface area (Å²) in [4.78, 5) is 0. The van der Waals surface area contributed by atoms with E-state index >= 15 is 0 Å². The van der Waals surface area contributed by atoms with E-state index in [1.54, 1.807) is 0 Å². The van der Waals surface area contributed by atoms with Gasteiger partial charge in [-0.25, -0.2) is 0 Å². The molecular weight excluding hydrogens is 296 g/mol. The summed E-state index contributed by atoms with van der Waals surface area (Å²) in [6.07, 6.45) is 1.37. The largest absolute Gasteiger partial charge is 0.466 e. The summed E-state index contributed by atoms with van der Waals surface area (Å²) in [5.41, 5.74) is 4.03. The molecule has 2 aromatic rings. The van der Waals surface area contributed by atoms with Crippen LogP contribution in [0.2, 0.25) is 0 Å². The molecule has 0 aliphatic rings. The van der Waals surface area contributed by atoms with Crippen LogP contribution in [-0.2, 0) is 15.6 Å². The first kappa shape index (κ1) is 18.1. The first-order valence-electron chi connectivity index (χ1n) is 8.32. The third kappa shape index (κ3) is 4.19. The quantitative estimate of drug-likeness (QED) is 0.379. The zero-order chi connectivity index (χ0) is 17.8. The number of hydrogen-bond donors (Lipinski definition) is 0. The van der Waals surface area contributed by atoms with Crippen LogP contribution < -0.4 is 4.74 Å². The average molecular weight is 324 g/mol. The Morgan fingerprint density at radius 3 is 1.71 bits per heavy atom. The van der Waals surface area contributed by atoms with Crippen molar-refractivity contribution in [1.82, 2.24) is 0 Å². The molecule has 0 aromatic heterocycles. The van der Waals surface area contributed by atoms with E-state index in [9.17, 15) is 0 Å². The molecule has 0 radical (unpaired) electrons.